The summed E-state index contributed by atoms with van der Waals surface area (Å²) in [5.41, 5.74) is 7.50. The van der Waals surface area contributed by atoms with Crippen molar-refractivity contribution in [3.63, 3.8) is 0 Å². The van der Waals surface area contributed by atoms with Gasteiger partial charge in [-0.1, -0.05) is 11.8 Å². The smallest absolute Gasteiger partial charge is 0.177 e. The third kappa shape index (κ3) is 2.42. The maximum Gasteiger partial charge on any atom is 0.177 e. The third-order valence-electron chi connectivity index (χ3n) is 1.75. The highest BCUT2D eigenvalue weighted by Gasteiger charge is 2.10. The molecule has 0 radical (unpaired) electrons. The van der Waals surface area contributed by atoms with Crippen molar-refractivity contribution in [2.45, 2.75) is 12.7 Å². The molecule has 4 N–H and O–H groups in total. The molecule has 0 amide bonds. The summed E-state index contributed by atoms with van der Waals surface area (Å²) in [4.78, 5) is 0. The van der Waals surface area contributed by atoms with Gasteiger partial charge in [0.1, 0.15) is 0 Å². The number of hydrogen-bond donors (Lipinski definition) is 2. The quantitative estimate of drug-likeness (QED) is 0.364. The van der Waals surface area contributed by atoms with E-state index in [0.717, 1.165) is 15.9 Å². The number of hydrazone groups is 1. The van der Waals surface area contributed by atoms with Crippen molar-refractivity contribution < 1.29 is 0 Å². The molecule has 0 aromatic carbocycles. The van der Waals surface area contributed by atoms with Crippen molar-refractivity contribution >= 4 is 32.9 Å². The minimum Gasteiger partial charge on any atom is -0.377 e. The molecule has 0 fully saturated rings. The van der Waals surface area contributed by atoms with Crippen LogP contribution in [0.15, 0.2) is 9.57 Å². The molecule has 0 bridgehead atoms. The zero-order valence-electron chi connectivity index (χ0n) is 7.99. The number of rotatable bonds is 2. The Labute approximate surface area is 95.0 Å². The maximum absolute atomic E-state index is 5.47. The van der Waals surface area contributed by atoms with E-state index in [0.29, 0.717) is 10.9 Å². The van der Waals surface area contributed by atoms with E-state index < -0.39 is 0 Å². The van der Waals surface area contributed by atoms with Gasteiger partial charge in [0.05, 0.1) is 15.9 Å². The second-order valence-corrected chi connectivity index (χ2v) is 4.51. The average molecular weight is 278 g/mol. The van der Waals surface area contributed by atoms with Gasteiger partial charge in [-0.2, -0.15) is 10.2 Å². The van der Waals surface area contributed by atoms with Gasteiger partial charge in [-0.3, -0.25) is 4.68 Å². The summed E-state index contributed by atoms with van der Waals surface area (Å²) < 4.78 is 2.83. The van der Waals surface area contributed by atoms with E-state index in [1.54, 1.807) is 0 Å². The Bertz CT molecular complexity index is 359. The summed E-state index contributed by atoms with van der Waals surface area (Å²) in [6.45, 7) is 1.94. The molecule has 0 aliphatic carbocycles. The van der Waals surface area contributed by atoms with Gasteiger partial charge in [0, 0.05) is 12.8 Å². The number of amidine groups is 1. The third-order valence-corrected chi connectivity index (χ3v) is 3.60. The Morgan fingerprint density at radius 2 is 2.36 bits per heavy atom. The number of aryl methyl sites for hydroxylation is 2. The van der Waals surface area contributed by atoms with Crippen LogP contribution in [0.3, 0.4) is 0 Å². The van der Waals surface area contributed by atoms with Gasteiger partial charge in [-0.25, -0.2) is 0 Å². The summed E-state index contributed by atoms with van der Waals surface area (Å²) in [5.74, 6) is 5.72. The van der Waals surface area contributed by atoms with E-state index in [2.05, 4.69) is 26.1 Å². The van der Waals surface area contributed by atoms with Gasteiger partial charge in [0.25, 0.3) is 0 Å². The zero-order valence-corrected chi connectivity index (χ0v) is 10.4. The summed E-state index contributed by atoms with van der Waals surface area (Å²) >= 11 is 4.85. The van der Waals surface area contributed by atoms with Crippen molar-refractivity contribution in [1.29, 1.82) is 0 Å². The highest BCUT2D eigenvalue weighted by molar-refractivity contribution is 9.10. The molecule has 1 aromatic heterocycles. The Hall–Kier alpha value is -0.690. The second-order valence-electron chi connectivity index (χ2n) is 2.73. The highest BCUT2D eigenvalue weighted by atomic mass is 79.9. The van der Waals surface area contributed by atoms with Crippen LogP contribution in [0.5, 0.6) is 0 Å². The minimum absolute atomic E-state index is 0.371. The first-order valence-corrected chi connectivity index (χ1v) is 5.68. The SMILES string of the molecule is Cc1nn(C)c(CSC(N)=NN)c1Br. The van der Waals surface area contributed by atoms with Crippen molar-refractivity contribution in [2.24, 2.45) is 23.7 Å². The number of hydrogen-bond acceptors (Lipinski definition) is 4. The molecule has 78 valence electrons. The Balaban J connectivity index is 2.76. The van der Waals surface area contributed by atoms with Gasteiger partial charge in [-0.05, 0) is 22.9 Å². The second kappa shape index (κ2) is 4.70. The Morgan fingerprint density at radius 3 is 2.79 bits per heavy atom. The Morgan fingerprint density at radius 1 is 1.71 bits per heavy atom. The summed E-state index contributed by atoms with van der Waals surface area (Å²) in [5, 5.41) is 8.01. The Kier molecular flexibility index (Phi) is 3.82. The van der Waals surface area contributed by atoms with Gasteiger partial charge in [-0.15, -0.1) is 0 Å². The van der Waals surface area contributed by atoms with E-state index in [-0.39, 0.29) is 0 Å². The molecule has 14 heavy (non-hydrogen) atoms. The van der Waals surface area contributed by atoms with E-state index in [1.165, 1.54) is 11.8 Å². The van der Waals surface area contributed by atoms with Crippen molar-refractivity contribution in [3.05, 3.63) is 15.9 Å². The van der Waals surface area contributed by atoms with E-state index in [1.807, 2.05) is 18.7 Å². The molecule has 0 aliphatic heterocycles. The molecule has 0 aliphatic rings. The fraction of sp³-hybridized carbons (Fsp3) is 0.429. The fourth-order valence-corrected chi connectivity index (χ4v) is 2.37. The number of aromatic nitrogens is 2. The first-order valence-electron chi connectivity index (χ1n) is 3.90. The highest BCUT2D eigenvalue weighted by Crippen LogP contribution is 2.24. The molecule has 0 saturated carbocycles. The van der Waals surface area contributed by atoms with Crippen LogP contribution in [-0.4, -0.2) is 14.9 Å². The summed E-state index contributed by atoms with van der Waals surface area (Å²) in [7, 11) is 1.89. The lowest BCUT2D eigenvalue weighted by molar-refractivity contribution is 0.727. The van der Waals surface area contributed by atoms with Gasteiger partial charge >= 0.3 is 0 Å². The first kappa shape index (κ1) is 11.4. The van der Waals surface area contributed by atoms with Crippen LogP contribution in [0.1, 0.15) is 11.4 Å². The van der Waals surface area contributed by atoms with Gasteiger partial charge in [0.15, 0.2) is 5.17 Å². The molecule has 1 aromatic rings. The number of nitrogens with two attached hydrogens (primary N) is 2. The van der Waals surface area contributed by atoms with Crippen LogP contribution >= 0.6 is 27.7 Å². The molecule has 0 saturated heterocycles. The fourth-order valence-electron chi connectivity index (χ4n) is 1.02. The van der Waals surface area contributed by atoms with E-state index >= 15 is 0 Å². The monoisotopic (exact) mass is 277 g/mol. The maximum atomic E-state index is 5.47. The lowest BCUT2D eigenvalue weighted by atomic mass is 10.4. The van der Waals surface area contributed by atoms with Crippen LogP contribution < -0.4 is 11.6 Å². The van der Waals surface area contributed by atoms with Crippen molar-refractivity contribution in [2.75, 3.05) is 0 Å². The van der Waals surface area contributed by atoms with Crippen LogP contribution in [0.2, 0.25) is 0 Å². The lowest BCUT2D eigenvalue weighted by Crippen LogP contribution is -2.10. The molecular weight excluding hydrogens is 266 g/mol. The summed E-state index contributed by atoms with van der Waals surface area (Å²) in [6.07, 6.45) is 0. The van der Waals surface area contributed by atoms with Crippen LogP contribution in [0, 0.1) is 6.92 Å². The lowest BCUT2D eigenvalue weighted by Gasteiger charge is -2.01. The van der Waals surface area contributed by atoms with Crippen LogP contribution in [0.4, 0.5) is 0 Å². The van der Waals surface area contributed by atoms with Gasteiger partial charge in [0.2, 0.25) is 0 Å². The molecule has 0 atom stereocenters. The number of thioether (sulfide) groups is 1. The average Bonchev–Trinajstić information content (AvgIpc) is 2.39. The minimum atomic E-state index is 0.371. The summed E-state index contributed by atoms with van der Waals surface area (Å²) in [6, 6.07) is 0. The van der Waals surface area contributed by atoms with Crippen LogP contribution in [0.25, 0.3) is 0 Å². The van der Waals surface area contributed by atoms with E-state index in [4.69, 9.17) is 11.6 Å². The van der Waals surface area contributed by atoms with Crippen molar-refractivity contribution in [3.8, 4) is 0 Å². The molecule has 5 nitrogen and oxygen atoms in total. The zero-order chi connectivity index (χ0) is 10.7. The molecular formula is C7H12BrN5S. The molecule has 0 spiro atoms. The number of halogens is 1. The molecule has 1 heterocycles. The molecule has 7 heteroatoms. The van der Waals surface area contributed by atoms with Crippen LogP contribution in [-0.2, 0) is 12.8 Å². The van der Waals surface area contributed by atoms with Crippen molar-refractivity contribution in [1.82, 2.24) is 9.78 Å². The standard InChI is InChI=1S/C7H12BrN5S/c1-4-6(8)5(13(2)12-4)3-14-7(9)11-10/h3,10H2,1-2H3,(H2,9,11). The van der Waals surface area contributed by atoms with E-state index in [9.17, 15) is 0 Å². The van der Waals surface area contributed by atoms with Gasteiger partial charge < -0.3 is 11.6 Å². The number of nitrogens with zero attached hydrogens (tertiary/aromatic N) is 3. The molecule has 1 rings (SSSR count). The predicted molar refractivity (Wildman–Crippen MR) is 62.7 cm³/mol. The first-order chi connectivity index (χ1) is 6.56. The topological polar surface area (TPSA) is 82.2 Å². The largest absolute Gasteiger partial charge is 0.377 e. The predicted octanol–water partition coefficient (Wildman–Crippen LogP) is 0.913. The molecule has 0 unspecified atom stereocenters. The normalized spacial score (nSPS) is 12.1.